The Kier molecular flexibility index (Phi) is 13.9. The molecule has 0 aliphatic heterocycles. The number of carbonyl (C=O) groups excluding carboxylic acids is 3. The van der Waals surface area contributed by atoms with Crippen LogP contribution in [0.15, 0.2) is 72.8 Å². The van der Waals surface area contributed by atoms with Crippen LogP contribution >= 0.6 is 0 Å². The van der Waals surface area contributed by atoms with Gasteiger partial charge in [0.05, 0.1) is 0 Å². The number of ether oxygens (including phenoxy) is 1. The standard InChI is InChI=1S/C39H53N3O4/c1-8-9-10-11-12-18-25-42(37(44)34(27-31-20-14-13-15-21-31)41-38(45)46-39(5,6)7)35(32-26-28(2)23-24-29(32)3)36(43)40-33-22-17-16-19-30(33)4/h13-17,19-24,26,34-35H,8-12,18,25,27H2,1-7H3,(H,40,43)(H,41,45). The van der Waals surface area contributed by atoms with Crippen LogP contribution in [0.3, 0.4) is 0 Å². The van der Waals surface area contributed by atoms with Crippen molar-refractivity contribution in [3.05, 3.63) is 101 Å². The molecule has 0 saturated carbocycles. The molecule has 3 rings (SSSR count). The van der Waals surface area contributed by atoms with Crippen molar-refractivity contribution in [2.75, 3.05) is 11.9 Å². The van der Waals surface area contributed by atoms with Gasteiger partial charge in [0, 0.05) is 18.7 Å². The number of nitrogens with one attached hydrogen (secondary N) is 2. The van der Waals surface area contributed by atoms with Crippen LogP contribution in [0, 0.1) is 20.8 Å². The molecule has 7 nitrogen and oxygen atoms in total. The van der Waals surface area contributed by atoms with Gasteiger partial charge in [-0.1, -0.05) is 111 Å². The average molecular weight is 628 g/mol. The predicted octanol–water partition coefficient (Wildman–Crippen LogP) is 8.62. The minimum absolute atomic E-state index is 0.255. The Hall–Kier alpha value is -4.13. The molecular formula is C39H53N3O4. The second-order valence-corrected chi connectivity index (χ2v) is 13.3. The second kappa shape index (κ2) is 17.5. The molecule has 3 amide bonds. The number of unbranched alkanes of at least 4 members (excludes halogenated alkanes) is 5. The smallest absolute Gasteiger partial charge is 0.408 e. The van der Waals surface area contributed by atoms with Gasteiger partial charge in [0.2, 0.25) is 5.91 Å². The van der Waals surface area contributed by atoms with Gasteiger partial charge in [-0.15, -0.1) is 0 Å². The maximum atomic E-state index is 14.8. The summed E-state index contributed by atoms with van der Waals surface area (Å²) >= 11 is 0. The van der Waals surface area contributed by atoms with E-state index in [1.165, 1.54) is 6.42 Å². The summed E-state index contributed by atoms with van der Waals surface area (Å²) in [5.41, 5.74) is 4.45. The summed E-state index contributed by atoms with van der Waals surface area (Å²) in [6.07, 6.45) is 5.77. The first kappa shape index (κ1) is 36.3. The summed E-state index contributed by atoms with van der Waals surface area (Å²) in [6, 6.07) is 21.4. The Morgan fingerprint density at radius 1 is 0.804 bits per heavy atom. The molecule has 2 atom stereocenters. The molecular weight excluding hydrogens is 574 g/mol. The van der Waals surface area contributed by atoms with Gasteiger partial charge in [-0.3, -0.25) is 9.59 Å². The molecule has 2 N–H and O–H groups in total. The van der Waals surface area contributed by atoms with Crippen LogP contribution in [0.25, 0.3) is 0 Å². The van der Waals surface area contributed by atoms with E-state index in [4.69, 9.17) is 4.74 Å². The van der Waals surface area contributed by atoms with E-state index in [0.29, 0.717) is 12.2 Å². The maximum absolute atomic E-state index is 14.8. The topological polar surface area (TPSA) is 87.7 Å². The number of hydrogen-bond acceptors (Lipinski definition) is 4. The molecule has 46 heavy (non-hydrogen) atoms. The third-order valence-corrected chi connectivity index (χ3v) is 8.00. The van der Waals surface area contributed by atoms with E-state index in [0.717, 1.165) is 59.9 Å². The number of para-hydroxylation sites is 1. The molecule has 0 saturated heterocycles. The van der Waals surface area contributed by atoms with Crippen LogP contribution in [0.1, 0.15) is 100 Å². The molecule has 7 heteroatoms. The second-order valence-electron chi connectivity index (χ2n) is 13.3. The zero-order valence-corrected chi connectivity index (χ0v) is 28.8. The summed E-state index contributed by atoms with van der Waals surface area (Å²) in [5.74, 6) is -0.618. The molecule has 0 bridgehead atoms. The van der Waals surface area contributed by atoms with Crippen molar-refractivity contribution >= 4 is 23.6 Å². The predicted molar refractivity (Wildman–Crippen MR) is 187 cm³/mol. The molecule has 248 valence electrons. The van der Waals surface area contributed by atoms with Gasteiger partial charge in [0.1, 0.15) is 17.7 Å². The summed E-state index contributed by atoms with van der Waals surface area (Å²) < 4.78 is 5.59. The quantitative estimate of drug-likeness (QED) is 0.165. The van der Waals surface area contributed by atoms with Crippen molar-refractivity contribution in [3.63, 3.8) is 0 Å². The van der Waals surface area contributed by atoms with E-state index in [1.807, 2.05) is 93.6 Å². The highest BCUT2D eigenvalue weighted by Gasteiger charge is 2.37. The van der Waals surface area contributed by atoms with E-state index in [9.17, 15) is 14.4 Å². The highest BCUT2D eigenvalue weighted by Crippen LogP contribution is 2.29. The van der Waals surface area contributed by atoms with E-state index >= 15 is 0 Å². The van der Waals surface area contributed by atoms with Crippen molar-refractivity contribution in [1.82, 2.24) is 10.2 Å². The highest BCUT2D eigenvalue weighted by atomic mass is 16.6. The summed E-state index contributed by atoms with van der Waals surface area (Å²) in [4.78, 5) is 44.0. The lowest BCUT2D eigenvalue weighted by molar-refractivity contribution is -0.140. The number of amides is 3. The van der Waals surface area contributed by atoms with Gasteiger partial charge in [-0.25, -0.2) is 4.79 Å². The van der Waals surface area contributed by atoms with Crippen LogP contribution < -0.4 is 10.6 Å². The minimum atomic E-state index is -0.948. The number of alkyl carbamates (subject to hydrolysis) is 1. The average Bonchev–Trinajstić information content (AvgIpc) is 3.00. The van der Waals surface area contributed by atoms with Crippen LogP contribution in [0.2, 0.25) is 0 Å². The minimum Gasteiger partial charge on any atom is -0.444 e. The van der Waals surface area contributed by atoms with Crippen molar-refractivity contribution in [2.45, 2.75) is 111 Å². The molecule has 0 heterocycles. The summed E-state index contributed by atoms with van der Waals surface area (Å²) in [6.45, 7) is 13.8. The fourth-order valence-corrected chi connectivity index (χ4v) is 5.55. The fourth-order valence-electron chi connectivity index (χ4n) is 5.55. The normalized spacial score (nSPS) is 12.6. The Morgan fingerprint density at radius 2 is 1.46 bits per heavy atom. The molecule has 3 aromatic carbocycles. The lowest BCUT2D eigenvalue weighted by Gasteiger charge is -2.35. The van der Waals surface area contributed by atoms with Crippen molar-refractivity contribution in [1.29, 1.82) is 0 Å². The van der Waals surface area contributed by atoms with Gasteiger partial charge in [-0.05, 0) is 76.3 Å². The summed E-state index contributed by atoms with van der Waals surface area (Å²) in [5, 5.41) is 5.99. The van der Waals surface area contributed by atoms with Gasteiger partial charge in [0.15, 0.2) is 0 Å². The molecule has 0 spiro atoms. The zero-order valence-electron chi connectivity index (χ0n) is 28.8. The Labute approximate surface area is 276 Å². The molecule has 3 aromatic rings. The number of carbonyl (C=O) groups is 3. The number of hydrogen-bond donors (Lipinski definition) is 2. The molecule has 0 radical (unpaired) electrons. The zero-order chi connectivity index (χ0) is 33.7. The van der Waals surface area contributed by atoms with Gasteiger partial charge < -0.3 is 20.3 Å². The largest absolute Gasteiger partial charge is 0.444 e. The molecule has 0 aromatic heterocycles. The van der Waals surface area contributed by atoms with Crippen LogP contribution in [0.4, 0.5) is 10.5 Å². The molecule has 2 unspecified atom stereocenters. The first-order valence-corrected chi connectivity index (χ1v) is 16.7. The van der Waals surface area contributed by atoms with Crippen LogP contribution in [-0.4, -0.2) is 41.0 Å². The summed E-state index contributed by atoms with van der Waals surface area (Å²) in [7, 11) is 0. The first-order valence-electron chi connectivity index (χ1n) is 16.7. The van der Waals surface area contributed by atoms with E-state index in [2.05, 4.69) is 17.6 Å². The van der Waals surface area contributed by atoms with Gasteiger partial charge >= 0.3 is 6.09 Å². The van der Waals surface area contributed by atoms with Crippen molar-refractivity contribution in [3.8, 4) is 0 Å². The van der Waals surface area contributed by atoms with E-state index in [1.54, 1.807) is 25.7 Å². The number of aryl methyl sites for hydroxylation is 3. The molecule has 0 aliphatic rings. The van der Waals surface area contributed by atoms with Crippen molar-refractivity contribution in [2.24, 2.45) is 0 Å². The van der Waals surface area contributed by atoms with Crippen LogP contribution in [0.5, 0.6) is 0 Å². The van der Waals surface area contributed by atoms with Crippen molar-refractivity contribution < 1.29 is 19.1 Å². The fraction of sp³-hybridized carbons (Fsp3) is 0.462. The highest BCUT2D eigenvalue weighted by molar-refractivity contribution is 5.99. The number of benzene rings is 3. The number of anilines is 1. The monoisotopic (exact) mass is 627 g/mol. The van der Waals surface area contributed by atoms with E-state index in [-0.39, 0.29) is 18.2 Å². The Morgan fingerprint density at radius 3 is 2.13 bits per heavy atom. The number of rotatable bonds is 15. The lowest BCUT2D eigenvalue weighted by atomic mass is 9.95. The Bertz CT molecular complexity index is 1430. The van der Waals surface area contributed by atoms with Gasteiger partial charge in [0.25, 0.3) is 5.91 Å². The lowest BCUT2D eigenvalue weighted by Crippen LogP contribution is -2.53. The third kappa shape index (κ3) is 11.3. The number of nitrogens with zero attached hydrogens (tertiary/aromatic N) is 1. The molecule has 0 fully saturated rings. The third-order valence-electron chi connectivity index (χ3n) is 8.00. The molecule has 0 aliphatic carbocycles. The first-order chi connectivity index (χ1) is 21.9. The Balaban J connectivity index is 2.09. The SMILES string of the molecule is CCCCCCCCN(C(=O)C(Cc1ccccc1)NC(=O)OC(C)(C)C)C(C(=O)Nc1ccccc1C)c1cc(C)ccc1C. The van der Waals surface area contributed by atoms with E-state index < -0.39 is 23.8 Å². The maximum Gasteiger partial charge on any atom is 0.408 e. The van der Waals surface area contributed by atoms with Gasteiger partial charge in [-0.2, -0.15) is 0 Å². The van der Waals surface area contributed by atoms with Crippen LogP contribution in [-0.2, 0) is 20.7 Å².